The minimum Gasteiger partial charge on any atom is -0.324 e. The van der Waals surface area contributed by atoms with Crippen LogP contribution in [0.25, 0.3) is 10.9 Å². The quantitative estimate of drug-likeness (QED) is 0.665. The van der Waals surface area contributed by atoms with Gasteiger partial charge in [-0.05, 0) is 43.4 Å². The molecule has 0 aliphatic rings. The van der Waals surface area contributed by atoms with E-state index >= 15 is 0 Å². The van der Waals surface area contributed by atoms with E-state index in [0.717, 1.165) is 4.68 Å². The predicted octanol–water partition coefficient (Wildman–Crippen LogP) is 0.338. The van der Waals surface area contributed by atoms with Crippen LogP contribution in [0.3, 0.4) is 0 Å². The van der Waals surface area contributed by atoms with Crippen LogP contribution < -0.4 is 15.6 Å². The Labute approximate surface area is 148 Å². The molecular weight excluding hydrogens is 358 g/mol. The summed E-state index contributed by atoms with van der Waals surface area (Å²) in [6.07, 6.45) is 0. The van der Waals surface area contributed by atoms with Gasteiger partial charge in [0.2, 0.25) is 15.9 Å². The van der Waals surface area contributed by atoms with Crippen LogP contribution in [0.4, 0.5) is 5.69 Å². The number of carbonyl (C=O) groups excluding carboxylic acids is 1. The number of aromatic nitrogens is 3. The molecule has 2 aromatic carbocycles. The maximum absolute atomic E-state index is 12.3. The molecule has 0 spiro atoms. The Kier molecular flexibility index (Phi) is 4.78. The first kappa shape index (κ1) is 17.7. The number of fused-ring (bicyclic) bond motifs is 1. The van der Waals surface area contributed by atoms with E-state index in [2.05, 4.69) is 20.4 Å². The van der Waals surface area contributed by atoms with Crippen molar-refractivity contribution < 1.29 is 13.2 Å². The summed E-state index contributed by atoms with van der Waals surface area (Å²) in [6.45, 7) is -0.312. The Balaban J connectivity index is 1.75. The number of hydrogen-bond acceptors (Lipinski definition) is 6. The van der Waals surface area contributed by atoms with E-state index in [1.165, 1.54) is 31.3 Å². The van der Waals surface area contributed by atoms with Gasteiger partial charge in [0.1, 0.15) is 12.1 Å². The normalized spacial score (nSPS) is 11.4. The molecule has 0 atom stereocenters. The fraction of sp³-hybridized carbons (Fsp3) is 0.125. The van der Waals surface area contributed by atoms with E-state index in [0.29, 0.717) is 16.6 Å². The second-order valence-electron chi connectivity index (χ2n) is 5.35. The summed E-state index contributed by atoms with van der Waals surface area (Å²) in [5.74, 6) is -0.485. The van der Waals surface area contributed by atoms with Gasteiger partial charge in [-0.3, -0.25) is 9.59 Å². The third-order valence-corrected chi connectivity index (χ3v) is 5.07. The zero-order valence-electron chi connectivity index (χ0n) is 13.7. The number of anilines is 1. The predicted molar refractivity (Wildman–Crippen MR) is 95.1 cm³/mol. The molecule has 0 bridgehead atoms. The van der Waals surface area contributed by atoms with Crippen LogP contribution in [0.5, 0.6) is 0 Å². The number of carbonyl (C=O) groups is 1. The highest BCUT2D eigenvalue weighted by Crippen LogP contribution is 2.13. The molecular formula is C16H15N5O4S. The summed E-state index contributed by atoms with van der Waals surface area (Å²) in [7, 11) is -2.23. The van der Waals surface area contributed by atoms with Gasteiger partial charge in [-0.25, -0.2) is 17.8 Å². The topological polar surface area (TPSA) is 123 Å². The zero-order chi connectivity index (χ0) is 18.7. The van der Waals surface area contributed by atoms with Crippen molar-refractivity contribution in [3.05, 3.63) is 58.9 Å². The fourth-order valence-electron chi connectivity index (χ4n) is 2.30. The van der Waals surface area contributed by atoms with Gasteiger partial charge in [-0.15, -0.1) is 5.10 Å². The molecule has 1 heterocycles. The molecule has 1 aromatic heterocycles. The summed E-state index contributed by atoms with van der Waals surface area (Å²) in [4.78, 5) is 24.5. The molecule has 9 nitrogen and oxygen atoms in total. The van der Waals surface area contributed by atoms with E-state index in [-0.39, 0.29) is 11.4 Å². The zero-order valence-corrected chi connectivity index (χ0v) is 14.5. The van der Waals surface area contributed by atoms with Gasteiger partial charge in [0.25, 0.3) is 5.56 Å². The smallest absolute Gasteiger partial charge is 0.278 e. The standard InChI is InChI=1S/C16H15N5O4S/c1-17-26(24,25)12-8-6-11(7-9-12)18-15(22)10-21-16(23)13-4-2-3-5-14(13)19-20-21/h2-9,17H,10H2,1H3,(H,18,22). The molecule has 26 heavy (non-hydrogen) atoms. The van der Waals surface area contributed by atoms with Crippen molar-refractivity contribution in [2.75, 3.05) is 12.4 Å². The molecule has 134 valence electrons. The van der Waals surface area contributed by atoms with Crippen molar-refractivity contribution in [1.82, 2.24) is 19.7 Å². The minimum atomic E-state index is -3.54. The molecule has 0 aliphatic carbocycles. The highest BCUT2D eigenvalue weighted by molar-refractivity contribution is 7.89. The summed E-state index contributed by atoms with van der Waals surface area (Å²) in [6, 6.07) is 12.4. The van der Waals surface area contributed by atoms with E-state index < -0.39 is 21.5 Å². The number of nitrogens with one attached hydrogen (secondary N) is 2. The maximum atomic E-state index is 12.3. The summed E-state index contributed by atoms with van der Waals surface area (Å²) >= 11 is 0. The first-order valence-corrected chi connectivity index (χ1v) is 9.05. The Bertz CT molecular complexity index is 1120. The number of hydrogen-bond donors (Lipinski definition) is 2. The molecule has 0 unspecified atom stereocenters. The van der Waals surface area contributed by atoms with Crippen LogP contribution in [0.2, 0.25) is 0 Å². The van der Waals surface area contributed by atoms with Crippen LogP contribution in [0.1, 0.15) is 0 Å². The number of rotatable bonds is 5. The lowest BCUT2D eigenvalue weighted by Gasteiger charge is -2.08. The number of benzene rings is 2. The van der Waals surface area contributed by atoms with Gasteiger partial charge < -0.3 is 5.32 Å². The molecule has 3 rings (SSSR count). The molecule has 0 aliphatic heterocycles. The molecule has 2 N–H and O–H groups in total. The van der Waals surface area contributed by atoms with Gasteiger partial charge in [0.15, 0.2) is 0 Å². The minimum absolute atomic E-state index is 0.0783. The fourth-order valence-corrected chi connectivity index (χ4v) is 3.03. The van der Waals surface area contributed by atoms with Gasteiger partial charge in [0.05, 0.1) is 10.3 Å². The second-order valence-corrected chi connectivity index (χ2v) is 7.24. The van der Waals surface area contributed by atoms with Gasteiger partial charge >= 0.3 is 0 Å². The molecule has 10 heteroatoms. The van der Waals surface area contributed by atoms with Crippen molar-refractivity contribution in [1.29, 1.82) is 0 Å². The van der Waals surface area contributed by atoms with Gasteiger partial charge in [-0.1, -0.05) is 17.3 Å². The Morgan fingerprint density at radius 1 is 1.12 bits per heavy atom. The first-order valence-electron chi connectivity index (χ1n) is 7.57. The molecule has 0 saturated carbocycles. The molecule has 0 fully saturated rings. The van der Waals surface area contributed by atoms with Crippen LogP contribution in [0.15, 0.2) is 58.2 Å². The molecule has 1 amide bonds. The van der Waals surface area contributed by atoms with Crippen molar-refractivity contribution in [3.8, 4) is 0 Å². The third kappa shape index (κ3) is 3.60. The van der Waals surface area contributed by atoms with Gasteiger partial charge in [-0.2, -0.15) is 0 Å². The third-order valence-electron chi connectivity index (χ3n) is 3.64. The summed E-state index contributed by atoms with van der Waals surface area (Å²) in [5, 5.41) is 10.6. The largest absolute Gasteiger partial charge is 0.324 e. The van der Waals surface area contributed by atoms with Crippen LogP contribution >= 0.6 is 0 Å². The summed E-state index contributed by atoms with van der Waals surface area (Å²) in [5.41, 5.74) is 0.434. The van der Waals surface area contributed by atoms with Crippen LogP contribution in [0, 0.1) is 0 Å². The van der Waals surface area contributed by atoms with E-state index in [4.69, 9.17) is 0 Å². The molecule has 3 aromatic rings. The maximum Gasteiger partial charge on any atom is 0.278 e. The number of sulfonamides is 1. The Morgan fingerprint density at radius 2 is 1.81 bits per heavy atom. The second kappa shape index (κ2) is 7.02. The molecule has 0 radical (unpaired) electrons. The first-order chi connectivity index (χ1) is 12.4. The van der Waals surface area contributed by atoms with Gasteiger partial charge in [0, 0.05) is 5.69 Å². The van der Waals surface area contributed by atoms with Crippen molar-refractivity contribution >= 4 is 32.5 Å². The highest BCUT2D eigenvalue weighted by atomic mass is 32.2. The molecule has 0 saturated heterocycles. The van der Waals surface area contributed by atoms with Crippen molar-refractivity contribution in [3.63, 3.8) is 0 Å². The van der Waals surface area contributed by atoms with E-state index in [1.54, 1.807) is 24.3 Å². The monoisotopic (exact) mass is 373 g/mol. The number of amides is 1. The summed E-state index contributed by atoms with van der Waals surface area (Å²) < 4.78 is 26.5. The lowest BCUT2D eigenvalue weighted by atomic mass is 10.2. The van der Waals surface area contributed by atoms with Crippen molar-refractivity contribution in [2.24, 2.45) is 0 Å². The Hall–Kier alpha value is -3.11. The van der Waals surface area contributed by atoms with Crippen molar-refractivity contribution in [2.45, 2.75) is 11.4 Å². The highest BCUT2D eigenvalue weighted by Gasteiger charge is 2.12. The lowest BCUT2D eigenvalue weighted by molar-refractivity contribution is -0.117. The van der Waals surface area contributed by atoms with E-state index in [9.17, 15) is 18.0 Å². The average Bonchev–Trinajstić information content (AvgIpc) is 2.65. The van der Waals surface area contributed by atoms with E-state index in [1.807, 2.05) is 0 Å². The Morgan fingerprint density at radius 3 is 2.50 bits per heavy atom. The number of nitrogens with zero attached hydrogens (tertiary/aromatic N) is 3. The average molecular weight is 373 g/mol. The van der Waals surface area contributed by atoms with Crippen LogP contribution in [-0.2, 0) is 21.4 Å². The SMILES string of the molecule is CNS(=O)(=O)c1ccc(NC(=O)Cn2nnc3ccccc3c2=O)cc1. The lowest BCUT2D eigenvalue weighted by Crippen LogP contribution is -2.30. The van der Waals surface area contributed by atoms with Crippen LogP contribution in [-0.4, -0.2) is 36.4 Å².